The second-order valence-electron chi connectivity index (χ2n) is 4.60. The quantitative estimate of drug-likeness (QED) is 0.688. The van der Waals surface area contributed by atoms with Gasteiger partial charge in [-0.1, -0.05) is 18.7 Å². The lowest BCUT2D eigenvalue weighted by atomic mass is 9.94. The predicted octanol–water partition coefficient (Wildman–Crippen LogP) is 0.151. The van der Waals surface area contributed by atoms with Gasteiger partial charge in [0.15, 0.2) is 5.16 Å². The van der Waals surface area contributed by atoms with E-state index in [1.165, 1.54) is 18.1 Å². The van der Waals surface area contributed by atoms with E-state index >= 15 is 0 Å². The summed E-state index contributed by atoms with van der Waals surface area (Å²) in [4.78, 5) is 16.0. The van der Waals surface area contributed by atoms with E-state index in [1.54, 1.807) is 4.68 Å². The van der Waals surface area contributed by atoms with Crippen LogP contribution in [0.3, 0.4) is 0 Å². The first-order valence-corrected chi connectivity index (χ1v) is 7.10. The van der Waals surface area contributed by atoms with Crippen LogP contribution in [0.25, 0.3) is 0 Å². The van der Waals surface area contributed by atoms with Crippen LogP contribution in [0.15, 0.2) is 11.5 Å². The summed E-state index contributed by atoms with van der Waals surface area (Å²) in [6, 6.07) is 0. The van der Waals surface area contributed by atoms with Crippen molar-refractivity contribution in [3.8, 4) is 0 Å². The van der Waals surface area contributed by atoms with Crippen molar-refractivity contribution in [3.05, 3.63) is 6.33 Å². The molecule has 0 spiro atoms. The molecule has 1 fully saturated rings. The summed E-state index contributed by atoms with van der Waals surface area (Å²) >= 11 is 1.52. The zero-order valence-electron chi connectivity index (χ0n) is 10.7. The van der Waals surface area contributed by atoms with Gasteiger partial charge in [0.1, 0.15) is 11.9 Å². The first-order valence-electron chi connectivity index (χ1n) is 6.12. The van der Waals surface area contributed by atoms with Crippen LogP contribution < -0.4 is 11.1 Å². The third kappa shape index (κ3) is 2.51. The molecule has 1 heterocycles. The normalized spacial score (nSPS) is 18.6. The number of hydrogen-bond donors (Lipinski definition) is 2. The number of carbonyl (C=O) groups is 1. The first kappa shape index (κ1) is 13.4. The van der Waals surface area contributed by atoms with Crippen LogP contribution >= 0.6 is 11.8 Å². The zero-order chi connectivity index (χ0) is 13.2. The number of primary amides is 1. The third-order valence-electron chi connectivity index (χ3n) is 3.30. The second-order valence-corrected chi connectivity index (χ2v) is 5.54. The van der Waals surface area contributed by atoms with E-state index in [0.717, 1.165) is 24.5 Å². The average molecular weight is 269 g/mol. The van der Waals surface area contributed by atoms with Gasteiger partial charge in [-0.3, -0.25) is 4.79 Å². The van der Waals surface area contributed by atoms with E-state index in [0.29, 0.717) is 11.7 Å². The van der Waals surface area contributed by atoms with Crippen molar-refractivity contribution in [1.82, 2.24) is 20.1 Å². The van der Waals surface area contributed by atoms with Gasteiger partial charge in [-0.25, -0.2) is 9.67 Å². The Hall–Kier alpha value is -1.08. The highest BCUT2D eigenvalue weighted by Gasteiger charge is 2.49. The second kappa shape index (κ2) is 5.27. The van der Waals surface area contributed by atoms with Gasteiger partial charge in [-0.05, 0) is 25.3 Å². The van der Waals surface area contributed by atoms with Gasteiger partial charge in [-0.2, -0.15) is 5.10 Å². The van der Waals surface area contributed by atoms with E-state index in [9.17, 15) is 4.79 Å². The number of nitrogens with zero attached hydrogens (tertiary/aromatic N) is 3. The van der Waals surface area contributed by atoms with Gasteiger partial charge < -0.3 is 11.1 Å². The number of nitrogens with two attached hydrogens (primary N) is 1. The first-order chi connectivity index (χ1) is 8.60. The molecule has 1 amide bonds. The van der Waals surface area contributed by atoms with Gasteiger partial charge in [0.2, 0.25) is 5.91 Å². The molecule has 100 valence electrons. The minimum atomic E-state index is -0.606. The molecule has 0 aromatic carbocycles. The van der Waals surface area contributed by atoms with Crippen LogP contribution in [0, 0.1) is 5.92 Å². The number of hydrogen-bond acceptors (Lipinski definition) is 5. The van der Waals surface area contributed by atoms with Gasteiger partial charge in [-0.15, -0.1) is 0 Å². The van der Waals surface area contributed by atoms with E-state index in [-0.39, 0.29) is 5.91 Å². The van der Waals surface area contributed by atoms with Crippen LogP contribution in [-0.4, -0.2) is 38.5 Å². The molecule has 1 saturated carbocycles. The monoisotopic (exact) mass is 269 g/mol. The molecule has 0 radical (unpaired) electrons. The maximum absolute atomic E-state index is 11.8. The molecule has 1 aliphatic carbocycles. The smallest absolute Gasteiger partial charge is 0.238 e. The Morgan fingerprint density at radius 3 is 2.89 bits per heavy atom. The van der Waals surface area contributed by atoms with Crippen molar-refractivity contribution < 1.29 is 4.79 Å². The topological polar surface area (TPSA) is 85.8 Å². The minimum Gasteiger partial charge on any atom is -0.368 e. The molecule has 7 heteroatoms. The van der Waals surface area contributed by atoms with Crippen molar-refractivity contribution in [2.45, 2.75) is 30.5 Å². The highest BCUT2D eigenvalue weighted by atomic mass is 32.2. The molecule has 3 N–H and O–H groups in total. The van der Waals surface area contributed by atoms with Crippen LogP contribution in [0.1, 0.15) is 19.8 Å². The van der Waals surface area contributed by atoms with Crippen molar-refractivity contribution in [1.29, 1.82) is 0 Å². The zero-order valence-corrected chi connectivity index (χ0v) is 11.5. The van der Waals surface area contributed by atoms with Crippen molar-refractivity contribution in [2.75, 3.05) is 12.3 Å². The highest BCUT2D eigenvalue weighted by Crippen LogP contribution is 2.42. The molecular weight excluding hydrogens is 250 g/mol. The fourth-order valence-electron chi connectivity index (χ4n) is 2.16. The maximum Gasteiger partial charge on any atom is 0.238 e. The minimum absolute atomic E-state index is 0.262. The summed E-state index contributed by atoms with van der Waals surface area (Å²) in [5, 5.41) is 8.11. The molecule has 6 nitrogen and oxygen atoms in total. The number of nitrogens with one attached hydrogen (secondary N) is 1. The lowest BCUT2D eigenvalue weighted by Gasteiger charge is -2.31. The van der Waals surface area contributed by atoms with E-state index in [4.69, 9.17) is 5.73 Å². The van der Waals surface area contributed by atoms with Crippen molar-refractivity contribution >= 4 is 17.7 Å². The molecule has 18 heavy (non-hydrogen) atoms. The number of likely N-dealkylation sites (N-methyl/N-ethyl adjacent to an activating group) is 1. The molecule has 0 saturated heterocycles. The van der Waals surface area contributed by atoms with E-state index in [2.05, 4.69) is 15.4 Å². The van der Waals surface area contributed by atoms with Crippen LogP contribution in [0.2, 0.25) is 0 Å². The van der Waals surface area contributed by atoms with E-state index < -0.39 is 5.54 Å². The fourth-order valence-corrected chi connectivity index (χ4v) is 3.35. The Kier molecular flexibility index (Phi) is 3.91. The van der Waals surface area contributed by atoms with Gasteiger partial charge in [0, 0.05) is 12.8 Å². The molecule has 1 atom stereocenters. The Bertz CT molecular complexity index is 431. The van der Waals surface area contributed by atoms with E-state index in [1.807, 2.05) is 14.0 Å². The van der Waals surface area contributed by atoms with Gasteiger partial charge in [0.25, 0.3) is 0 Å². The van der Waals surface area contributed by atoms with Crippen LogP contribution in [0.5, 0.6) is 0 Å². The summed E-state index contributed by atoms with van der Waals surface area (Å²) in [6.07, 6.45) is 3.64. The molecule has 1 aromatic rings. The number of aryl methyl sites for hydroxylation is 1. The molecule has 1 aromatic heterocycles. The Balaban J connectivity index is 2.10. The van der Waals surface area contributed by atoms with Crippen molar-refractivity contribution in [3.63, 3.8) is 0 Å². The summed E-state index contributed by atoms with van der Waals surface area (Å²) in [6.45, 7) is 2.73. The van der Waals surface area contributed by atoms with Crippen LogP contribution in [0.4, 0.5) is 0 Å². The Morgan fingerprint density at radius 1 is 1.72 bits per heavy atom. The highest BCUT2D eigenvalue weighted by molar-refractivity contribution is 7.99. The number of carbonyl (C=O) groups excluding carboxylic acids is 1. The molecule has 1 aliphatic rings. The number of thioether (sulfide) groups is 1. The molecule has 2 rings (SSSR count). The maximum atomic E-state index is 11.8. The van der Waals surface area contributed by atoms with Crippen molar-refractivity contribution in [2.24, 2.45) is 18.7 Å². The Morgan fingerprint density at radius 2 is 2.44 bits per heavy atom. The third-order valence-corrected chi connectivity index (χ3v) is 4.53. The molecule has 0 aliphatic heterocycles. The average Bonchev–Trinajstić information content (AvgIpc) is 3.09. The van der Waals surface area contributed by atoms with Gasteiger partial charge in [0.05, 0.1) is 0 Å². The summed E-state index contributed by atoms with van der Waals surface area (Å²) < 4.78 is 1.70. The standard InChI is InChI=1S/C11H19N5OS/c1-3-14-11(9(12)17,8-4-5-8)6-18-10-13-7-15-16(10)2/h7-8,14H,3-6H2,1-2H3,(H2,12,17). The summed E-state index contributed by atoms with van der Waals surface area (Å²) in [5.74, 6) is 0.699. The Labute approximate surface area is 111 Å². The van der Waals surface area contributed by atoms with Crippen LogP contribution in [-0.2, 0) is 11.8 Å². The summed E-state index contributed by atoms with van der Waals surface area (Å²) in [5.41, 5.74) is 5.01. The number of amides is 1. The number of rotatable bonds is 7. The lowest BCUT2D eigenvalue weighted by molar-refractivity contribution is -0.124. The predicted molar refractivity (Wildman–Crippen MR) is 70.1 cm³/mol. The summed E-state index contributed by atoms with van der Waals surface area (Å²) in [7, 11) is 1.84. The SMILES string of the molecule is CCNC(CSc1ncnn1C)(C(N)=O)C1CC1. The number of aromatic nitrogens is 3. The lowest BCUT2D eigenvalue weighted by Crippen LogP contribution is -2.59. The molecule has 0 bridgehead atoms. The molecular formula is C11H19N5OS. The van der Waals surface area contributed by atoms with Gasteiger partial charge >= 0.3 is 0 Å². The largest absolute Gasteiger partial charge is 0.368 e. The fraction of sp³-hybridized carbons (Fsp3) is 0.727. The molecule has 1 unspecified atom stereocenters.